The first-order valence-electron chi connectivity index (χ1n) is 8.18. The number of esters is 1. The Hall–Kier alpha value is -3.19. The maximum absolute atomic E-state index is 13.1. The van der Waals surface area contributed by atoms with E-state index in [2.05, 4.69) is 0 Å². The molecular formula is C20H18N2O4S. The summed E-state index contributed by atoms with van der Waals surface area (Å²) in [7, 11) is 2.88. The van der Waals surface area contributed by atoms with Crippen molar-refractivity contribution < 1.29 is 19.1 Å². The maximum Gasteiger partial charge on any atom is 0.325 e. The molecule has 1 fully saturated rings. The van der Waals surface area contributed by atoms with E-state index >= 15 is 0 Å². The van der Waals surface area contributed by atoms with Crippen molar-refractivity contribution in [1.82, 2.24) is 4.90 Å². The van der Waals surface area contributed by atoms with Crippen molar-refractivity contribution in [3.8, 4) is 5.75 Å². The Labute approximate surface area is 162 Å². The van der Waals surface area contributed by atoms with E-state index < -0.39 is 5.97 Å². The number of thiocarbonyl (C=S) groups is 1. The minimum absolute atomic E-state index is 0.146. The van der Waals surface area contributed by atoms with Crippen LogP contribution in [0.15, 0.2) is 60.3 Å². The second kappa shape index (κ2) is 8.01. The molecule has 2 aromatic rings. The Balaban J connectivity index is 2.01. The highest BCUT2D eigenvalue weighted by Crippen LogP contribution is 2.29. The lowest BCUT2D eigenvalue weighted by Crippen LogP contribution is -2.35. The minimum Gasteiger partial charge on any atom is -0.497 e. The molecule has 0 unspecified atom stereocenters. The standard InChI is InChI=1S/C20H18N2O4S/c1-25-16-10-8-14(9-11-16)12-17-19(24)22(15-6-4-3-5-7-15)20(27)21(17)13-18(23)26-2/h3-12H,13H2,1-2H3. The van der Waals surface area contributed by atoms with Crippen molar-refractivity contribution in [2.24, 2.45) is 0 Å². The summed E-state index contributed by atoms with van der Waals surface area (Å²) < 4.78 is 9.90. The molecule has 3 rings (SSSR count). The van der Waals surface area contributed by atoms with Crippen LogP contribution in [0.4, 0.5) is 5.69 Å². The van der Waals surface area contributed by atoms with E-state index in [9.17, 15) is 9.59 Å². The monoisotopic (exact) mass is 382 g/mol. The third-order valence-electron chi connectivity index (χ3n) is 4.08. The van der Waals surface area contributed by atoms with Gasteiger partial charge in [-0.15, -0.1) is 0 Å². The molecule has 1 aliphatic rings. The van der Waals surface area contributed by atoms with Crippen LogP contribution >= 0.6 is 12.2 Å². The first-order chi connectivity index (χ1) is 13.0. The number of carbonyl (C=O) groups is 2. The van der Waals surface area contributed by atoms with Crippen LogP contribution in [-0.4, -0.2) is 42.7 Å². The molecule has 6 nitrogen and oxygen atoms in total. The summed E-state index contributed by atoms with van der Waals surface area (Å²) in [5.41, 5.74) is 1.73. The molecule has 0 atom stereocenters. The first-order valence-corrected chi connectivity index (χ1v) is 8.59. The molecule has 7 heteroatoms. The van der Waals surface area contributed by atoms with E-state index in [1.165, 1.54) is 16.9 Å². The topological polar surface area (TPSA) is 59.1 Å². The van der Waals surface area contributed by atoms with Gasteiger partial charge in [-0.25, -0.2) is 0 Å². The van der Waals surface area contributed by atoms with Crippen LogP contribution in [0.25, 0.3) is 6.08 Å². The number of benzene rings is 2. The molecular weight excluding hydrogens is 364 g/mol. The average Bonchev–Trinajstić information content (AvgIpc) is 2.93. The van der Waals surface area contributed by atoms with Crippen molar-refractivity contribution in [1.29, 1.82) is 0 Å². The molecule has 0 N–H and O–H groups in total. The summed E-state index contributed by atoms with van der Waals surface area (Å²) in [6.45, 7) is -0.146. The molecule has 0 spiro atoms. The van der Waals surface area contributed by atoms with Gasteiger partial charge in [0.2, 0.25) is 0 Å². The van der Waals surface area contributed by atoms with E-state index in [1.807, 2.05) is 30.3 Å². The highest BCUT2D eigenvalue weighted by Gasteiger charge is 2.39. The number of ether oxygens (including phenoxy) is 2. The fourth-order valence-corrected chi connectivity index (χ4v) is 3.04. The number of hydrogen-bond acceptors (Lipinski definition) is 5. The molecule has 27 heavy (non-hydrogen) atoms. The fourth-order valence-electron chi connectivity index (χ4n) is 2.69. The Bertz CT molecular complexity index is 894. The minimum atomic E-state index is -0.485. The van der Waals surface area contributed by atoms with Gasteiger partial charge in [0.1, 0.15) is 18.0 Å². The number of methoxy groups -OCH3 is 2. The van der Waals surface area contributed by atoms with Gasteiger partial charge in [0.15, 0.2) is 5.11 Å². The molecule has 138 valence electrons. The Morgan fingerprint density at radius 2 is 1.74 bits per heavy atom. The second-order valence-corrected chi connectivity index (χ2v) is 6.09. The van der Waals surface area contributed by atoms with Crippen LogP contribution in [0.5, 0.6) is 5.75 Å². The van der Waals surface area contributed by atoms with Crippen LogP contribution in [0, 0.1) is 0 Å². The van der Waals surface area contributed by atoms with Crippen LogP contribution < -0.4 is 9.64 Å². The average molecular weight is 382 g/mol. The number of nitrogens with zero attached hydrogens (tertiary/aromatic N) is 2. The predicted molar refractivity (Wildman–Crippen MR) is 106 cm³/mol. The van der Waals surface area contributed by atoms with E-state index in [-0.39, 0.29) is 17.6 Å². The maximum atomic E-state index is 13.1. The van der Waals surface area contributed by atoms with Gasteiger partial charge in [-0.2, -0.15) is 0 Å². The Morgan fingerprint density at radius 1 is 1.07 bits per heavy atom. The molecule has 0 radical (unpaired) electrons. The van der Waals surface area contributed by atoms with Crippen molar-refractivity contribution >= 4 is 41.0 Å². The Kier molecular flexibility index (Phi) is 5.52. The SMILES string of the molecule is COC(=O)CN1C(=S)N(c2ccccc2)C(=O)C1=Cc1ccc(OC)cc1. The molecule has 1 heterocycles. The lowest BCUT2D eigenvalue weighted by molar-refractivity contribution is -0.140. The van der Waals surface area contributed by atoms with Crippen molar-refractivity contribution in [3.05, 3.63) is 65.9 Å². The largest absolute Gasteiger partial charge is 0.497 e. The molecule has 0 bridgehead atoms. The van der Waals surface area contributed by atoms with Crippen LogP contribution in [0.2, 0.25) is 0 Å². The Morgan fingerprint density at radius 3 is 2.33 bits per heavy atom. The zero-order valence-electron chi connectivity index (χ0n) is 14.9. The van der Waals surface area contributed by atoms with Crippen LogP contribution in [0.1, 0.15) is 5.56 Å². The normalized spacial score (nSPS) is 15.4. The summed E-state index contributed by atoms with van der Waals surface area (Å²) in [5, 5.41) is 0.233. The number of amides is 1. The summed E-state index contributed by atoms with van der Waals surface area (Å²) in [4.78, 5) is 27.8. The number of hydrogen-bond donors (Lipinski definition) is 0. The van der Waals surface area contributed by atoms with Gasteiger partial charge in [0, 0.05) is 0 Å². The number of anilines is 1. The summed E-state index contributed by atoms with van der Waals surface area (Å²) >= 11 is 5.48. The smallest absolute Gasteiger partial charge is 0.325 e. The van der Waals surface area contributed by atoms with Crippen LogP contribution in [-0.2, 0) is 14.3 Å². The molecule has 0 aliphatic carbocycles. The molecule has 0 saturated carbocycles. The van der Waals surface area contributed by atoms with Gasteiger partial charge in [0.25, 0.3) is 5.91 Å². The van der Waals surface area contributed by atoms with E-state index in [1.54, 1.807) is 37.5 Å². The van der Waals surface area contributed by atoms with Crippen molar-refractivity contribution in [2.45, 2.75) is 0 Å². The van der Waals surface area contributed by atoms with Crippen molar-refractivity contribution in [3.63, 3.8) is 0 Å². The molecule has 0 aromatic heterocycles. The van der Waals surface area contributed by atoms with Crippen LogP contribution in [0.3, 0.4) is 0 Å². The van der Waals surface area contributed by atoms with Gasteiger partial charge < -0.3 is 14.4 Å². The fraction of sp³-hybridized carbons (Fsp3) is 0.150. The van der Waals surface area contributed by atoms with Gasteiger partial charge in [0.05, 0.1) is 19.9 Å². The highest BCUT2D eigenvalue weighted by atomic mass is 32.1. The van der Waals surface area contributed by atoms with Gasteiger partial charge in [-0.05, 0) is 48.1 Å². The third-order valence-corrected chi connectivity index (χ3v) is 4.49. The number of para-hydroxylation sites is 1. The van der Waals surface area contributed by atoms with Crippen molar-refractivity contribution in [2.75, 3.05) is 25.7 Å². The van der Waals surface area contributed by atoms with Gasteiger partial charge >= 0.3 is 5.97 Å². The quantitative estimate of drug-likeness (QED) is 0.450. The van der Waals surface area contributed by atoms with Gasteiger partial charge in [-0.3, -0.25) is 14.5 Å². The zero-order chi connectivity index (χ0) is 19.4. The second-order valence-electron chi connectivity index (χ2n) is 5.72. The molecule has 1 aliphatic heterocycles. The van der Waals surface area contributed by atoms with E-state index in [0.717, 1.165) is 5.56 Å². The summed E-state index contributed by atoms with van der Waals surface area (Å²) in [5.74, 6) is -0.0747. The predicted octanol–water partition coefficient (Wildman–Crippen LogP) is 2.84. The summed E-state index contributed by atoms with van der Waals surface area (Å²) in [6.07, 6.45) is 1.69. The summed E-state index contributed by atoms with van der Waals surface area (Å²) in [6, 6.07) is 16.3. The number of rotatable bonds is 5. The first kappa shape index (κ1) is 18.6. The zero-order valence-corrected chi connectivity index (χ0v) is 15.7. The van der Waals surface area contributed by atoms with E-state index in [4.69, 9.17) is 21.7 Å². The molecule has 2 aromatic carbocycles. The highest BCUT2D eigenvalue weighted by molar-refractivity contribution is 7.80. The van der Waals surface area contributed by atoms with E-state index in [0.29, 0.717) is 17.1 Å². The number of carbonyl (C=O) groups excluding carboxylic acids is 2. The lowest BCUT2D eigenvalue weighted by atomic mass is 10.1. The van der Waals surface area contributed by atoms with Gasteiger partial charge in [-0.1, -0.05) is 30.3 Å². The molecule has 1 saturated heterocycles. The molecule has 1 amide bonds. The third kappa shape index (κ3) is 3.83. The lowest BCUT2D eigenvalue weighted by Gasteiger charge is -2.19.